The molecule has 3 aromatic heterocycles. The minimum absolute atomic E-state index is 0.134. The van der Waals surface area contributed by atoms with Gasteiger partial charge in [0.2, 0.25) is 5.91 Å². The van der Waals surface area contributed by atoms with E-state index in [0.717, 1.165) is 18.1 Å². The molecule has 1 amide bonds. The SMILES string of the molecule is Cc1cccc(NC(=O)C2CCCN(c3cc(C(F)(F)F)nc4ncnn34)C2)n1. The number of hydrogen-bond acceptors (Lipinski definition) is 6. The van der Waals surface area contributed by atoms with Crippen molar-refractivity contribution in [1.82, 2.24) is 24.6 Å². The van der Waals surface area contributed by atoms with Crippen LogP contribution in [0.1, 0.15) is 24.2 Å². The molecule has 1 aliphatic heterocycles. The molecule has 0 saturated carbocycles. The Labute approximate surface area is 163 Å². The number of pyridine rings is 1. The predicted molar refractivity (Wildman–Crippen MR) is 98.3 cm³/mol. The van der Waals surface area contributed by atoms with Crippen LogP contribution < -0.4 is 10.2 Å². The lowest BCUT2D eigenvalue weighted by molar-refractivity contribution is -0.141. The van der Waals surface area contributed by atoms with E-state index >= 15 is 0 Å². The number of carbonyl (C=O) groups excluding carboxylic acids is 1. The topological polar surface area (TPSA) is 88.3 Å². The third kappa shape index (κ3) is 3.98. The molecule has 1 N–H and O–H groups in total. The Balaban J connectivity index is 1.58. The molecule has 0 spiro atoms. The van der Waals surface area contributed by atoms with Crippen LogP contribution in [0, 0.1) is 12.8 Å². The fourth-order valence-corrected chi connectivity index (χ4v) is 3.41. The number of aryl methyl sites for hydroxylation is 1. The monoisotopic (exact) mass is 405 g/mol. The Morgan fingerprint density at radius 3 is 2.86 bits per heavy atom. The van der Waals surface area contributed by atoms with Gasteiger partial charge in [0.15, 0.2) is 5.69 Å². The maximum absolute atomic E-state index is 13.2. The summed E-state index contributed by atoms with van der Waals surface area (Å²) in [6.07, 6.45) is -2.17. The van der Waals surface area contributed by atoms with Gasteiger partial charge in [-0.2, -0.15) is 27.8 Å². The molecule has 4 heterocycles. The van der Waals surface area contributed by atoms with Gasteiger partial charge in [-0.1, -0.05) is 6.07 Å². The van der Waals surface area contributed by atoms with Gasteiger partial charge in [0, 0.05) is 24.8 Å². The Bertz CT molecular complexity index is 1050. The fourth-order valence-electron chi connectivity index (χ4n) is 3.41. The van der Waals surface area contributed by atoms with E-state index in [9.17, 15) is 18.0 Å². The molecule has 1 atom stereocenters. The van der Waals surface area contributed by atoms with Crippen LogP contribution in [0.4, 0.5) is 24.8 Å². The standard InChI is InChI=1S/C18H18F3N7O/c1-11-4-2-6-14(24-11)26-16(29)12-5-3-7-27(9-12)15-8-13(18(19,20)21)25-17-22-10-23-28(15)17/h2,4,6,8,10,12H,3,5,7,9H2,1H3,(H,24,26,29). The first-order valence-corrected chi connectivity index (χ1v) is 9.09. The number of anilines is 2. The summed E-state index contributed by atoms with van der Waals surface area (Å²) >= 11 is 0. The third-order valence-corrected chi connectivity index (χ3v) is 4.78. The van der Waals surface area contributed by atoms with Crippen molar-refractivity contribution >= 4 is 23.3 Å². The summed E-state index contributed by atoms with van der Waals surface area (Å²) in [7, 11) is 0. The molecule has 4 rings (SSSR count). The van der Waals surface area contributed by atoms with Crippen LogP contribution in [0.15, 0.2) is 30.6 Å². The van der Waals surface area contributed by atoms with Gasteiger partial charge in [-0.25, -0.2) is 9.97 Å². The number of rotatable bonds is 3. The van der Waals surface area contributed by atoms with E-state index in [4.69, 9.17) is 0 Å². The first kappa shape index (κ1) is 19.1. The van der Waals surface area contributed by atoms with Gasteiger partial charge >= 0.3 is 6.18 Å². The van der Waals surface area contributed by atoms with Gasteiger partial charge < -0.3 is 10.2 Å². The van der Waals surface area contributed by atoms with E-state index in [-0.39, 0.29) is 24.0 Å². The molecule has 1 fully saturated rings. The van der Waals surface area contributed by atoms with Crippen molar-refractivity contribution in [3.05, 3.63) is 42.0 Å². The summed E-state index contributed by atoms with van der Waals surface area (Å²) in [6.45, 7) is 2.58. The van der Waals surface area contributed by atoms with E-state index in [0.29, 0.717) is 25.2 Å². The van der Waals surface area contributed by atoms with Crippen molar-refractivity contribution < 1.29 is 18.0 Å². The molecule has 8 nitrogen and oxygen atoms in total. The number of aromatic nitrogens is 5. The summed E-state index contributed by atoms with van der Waals surface area (Å²) in [6, 6.07) is 6.26. The highest BCUT2D eigenvalue weighted by Gasteiger charge is 2.35. The minimum Gasteiger partial charge on any atom is -0.356 e. The van der Waals surface area contributed by atoms with Crippen LogP contribution >= 0.6 is 0 Å². The highest BCUT2D eigenvalue weighted by molar-refractivity contribution is 5.92. The number of alkyl halides is 3. The minimum atomic E-state index is -4.61. The first-order chi connectivity index (χ1) is 13.8. The zero-order chi connectivity index (χ0) is 20.6. The van der Waals surface area contributed by atoms with E-state index in [1.165, 1.54) is 4.52 Å². The number of nitrogens with one attached hydrogen (secondary N) is 1. The summed E-state index contributed by atoms with van der Waals surface area (Å²) in [5, 5.41) is 6.78. The number of halogens is 3. The fraction of sp³-hybridized carbons (Fsp3) is 0.389. The Kier molecular flexibility index (Phi) is 4.81. The van der Waals surface area contributed by atoms with Crippen LogP contribution in [-0.4, -0.2) is 43.6 Å². The smallest absolute Gasteiger partial charge is 0.356 e. The van der Waals surface area contributed by atoms with Crippen molar-refractivity contribution in [2.75, 3.05) is 23.3 Å². The quantitative estimate of drug-likeness (QED) is 0.721. The average Bonchev–Trinajstić information content (AvgIpc) is 3.15. The van der Waals surface area contributed by atoms with Crippen molar-refractivity contribution in [2.45, 2.75) is 25.9 Å². The zero-order valence-corrected chi connectivity index (χ0v) is 15.5. The molecule has 0 aromatic carbocycles. The molecular formula is C18H18F3N7O. The molecule has 0 aliphatic carbocycles. The van der Waals surface area contributed by atoms with E-state index < -0.39 is 17.8 Å². The molecule has 29 heavy (non-hydrogen) atoms. The highest BCUT2D eigenvalue weighted by Crippen LogP contribution is 2.32. The van der Waals surface area contributed by atoms with E-state index in [2.05, 4.69) is 25.4 Å². The molecule has 11 heteroatoms. The summed E-state index contributed by atoms with van der Waals surface area (Å²) in [4.78, 5) is 26.0. The average molecular weight is 405 g/mol. The molecule has 3 aromatic rings. The summed E-state index contributed by atoms with van der Waals surface area (Å²) in [5.74, 6) is -0.0784. The predicted octanol–water partition coefficient (Wildman–Crippen LogP) is 2.70. The van der Waals surface area contributed by atoms with Gasteiger partial charge in [-0.05, 0) is 31.9 Å². The van der Waals surface area contributed by atoms with Crippen LogP contribution in [0.5, 0.6) is 0 Å². The molecule has 1 unspecified atom stereocenters. The van der Waals surface area contributed by atoms with Gasteiger partial charge in [0.1, 0.15) is 18.0 Å². The van der Waals surface area contributed by atoms with Gasteiger partial charge in [-0.15, -0.1) is 0 Å². The summed E-state index contributed by atoms with van der Waals surface area (Å²) in [5.41, 5.74) is -0.262. The second kappa shape index (κ2) is 7.30. The van der Waals surface area contributed by atoms with Crippen LogP contribution in [0.3, 0.4) is 0 Å². The lowest BCUT2D eigenvalue weighted by Gasteiger charge is -2.33. The molecule has 1 aliphatic rings. The zero-order valence-electron chi connectivity index (χ0n) is 15.5. The normalized spacial score (nSPS) is 17.5. The van der Waals surface area contributed by atoms with Crippen molar-refractivity contribution in [3.8, 4) is 0 Å². The summed E-state index contributed by atoms with van der Waals surface area (Å²) < 4.78 is 41.0. The third-order valence-electron chi connectivity index (χ3n) is 4.78. The van der Waals surface area contributed by atoms with Gasteiger partial charge in [-0.3, -0.25) is 4.79 Å². The van der Waals surface area contributed by atoms with Gasteiger partial charge in [0.05, 0.1) is 5.92 Å². The van der Waals surface area contributed by atoms with Crippen molar-refractivity contribution in [2.24, 2.45) is 5.92 Å². The molecule has 152 valence electrons. The maximum atomic E-state index is 13.2. The Morgan fingerprint density at radius 1 is 1.28 bits per heavy atom. The lowest BCUT2D eigenvalue weighted by Crippen LogP contribution is -2.41. The molecule has 0 radical (unpaired) electrons. The van der Waals surface area contributed by atoms with Crippen LogP contribution in [0.2, 0.25) is 0 Å². The van der Waals surface area contributed by atoms with Crippen molar-refractivity contribution in [1.29, 1.82) is 0 Å². The van der Waals surface area contributed by atoms with E-state index in [1.807, 2.05) is 13.0 Å². The van der Waals surface area contributed by atoms with Crippen LogP contribution in [0.25, 0.3) is 5.78 Å². The largest absolute Gasteiger partial charge is 0.433 e. The molecule has 0 bridgehead atoms. The number of nitrogens with zero attached hydrogens (tertiary/aromatic N) is 6. The Hall–Kier alpha value is -3.24. The Morgan fingerprint density at radius 2 is 2.10 bits per heavy atom. The van der Waals surface area contributed by atoms with Crippen molar-refractivity contribution in [3.63, 3.8) is 0 Å². The first-order valence-electron chi connectivity index (χ1n) is 9.09. The number of carbonyl (C=O) groups is 1. The van der Waals surface area contributed by atoms with E-state index in [1.54, 1.807) is 17.0 Å². The number of hydrogen-bond donors (Lipinski definition) is 1. The second-order valence-electron chi connectivity index (χ2n) is 6.91. The van der Waals surface area contributed by atoms with Gasteiger partial charge in [0.25, 0.3) is 5.78 Å². The number of amides is 1. The number of piperidine rings is 1. The maximum Gasteiger partial charge on any atom is 0.433 e. The molecular weight excluding hydrogens is 387 g/mol. The molecule has 1 saturated heterocycles. The number of fused-ring (bicyclic) bond motifs is 1. The van der Waals surface area contributed by atoms with Crippen LogP contribution in [-0.2, 0) is 11.0 Å². The highest BCUT2D eigenvalue weighted by atomic mass is 19.4. The lowest BCUT2D eigenvalue weighted by atomic mass is 9.97. The second-order valence-corrected chi connectivity index (χ2v) is 6.91.